The van der Waals surface area contributed by atoms with Crippen LogP contribution in [-0.4, -0.2) is 75.7 Å². The number of aliphatic hydroxyl groups is 2. The number of aliphatic hydroxyl groups excluding tert-OH is 1. The van der Waals surface area contributed by atoms with Crippen LogP contribution in [0, 0.1) is 17.8 Å². The van der Waals surface area contributed by atoms with Gasteiger partial charge in [-0.05, 0) is 42.9 Å². The molecular weight excluding hydrogens is 494 g/mol. The molecule has 0 spiro atoms. The lowest BCUT2D eigenvalue weighted by atomic mass is 9.57. The minimum absolute atomic E-state index is 0.0473. The monoisotopic (exact) mass is 525 g/mol. The number of hydrogen-bond donors (Lipinski definition) is 4. The second-order valence-electron chi connectivity index (χ2n) is 10.3. The molecule has 38 heavy (non-hydrogen) atoms. The Morgan fingerprint density at radius 3 is 2.58 bits per heavy atom. The largest absolute Gasteiger partial charge is 0.507 e. The Bertz CT molecular complexity index is 1330. The number of phenolic OH excluding ortho intramolecular Hbond substituents is 1. The van der Waals surface area contributed by atoms with Crippen LogP contribution in [-0.2, 0) is 27.3 Å². The van der Waals surface area contributed by atoms with Gasteiger partial charge in [-0.15, -0.1) is 0 Å². The average molecular weight is 526 g/mol. The molecule has 2 aliphatic carbocycles. The number of Topliss-reactive ketones (excluding diaryl/α,β-unsaturated/α-hetero) is 3. The van der Waals surface area contributed by atoms with Crippen molar-refractivity contribution in [2.24, 2.45) is 23.5 Å². The molecular formula is C27H31N3O8. The molecule has 1 unspecified atom stereocenters. The Balaban J connectivity index is 1.82. The number of benzene rings is 1. The van der Waals surface area contributed by atoms with Crippen molar-refractivity contribution in [2.75, 3.05) is 25.6 Å². The van der Waals surface area contributed by atoms with E-state index in [-0.39, 0.29) is 37.1 Å². The molecule has 1 saturated carbocycles. The predicted octanol–water partition coefficient (Wildman–Crippen LogP) is 0.239. The maximum absolute atomic E-state index is 13.9. The minimum Gasteiger partial charge on any atom is -0.507 e. The quantitative estimate of drug-likeness (QED) is 0.263. The van der Waals surface area contributed by atoms with Crippen molar-refractivity contribution in [3.05, 3.63) is 46.8 Å². The SMILES string of the molecule is CN(C)c1cc(Cn2ccc(C=O)c2)c(O)c2c1C[C@H]1C[C@@H](CCO)[C@@](O)(C(=O)CC(N)=O)C(=O)C1C2=O. The lowest BCUT2D eigenvalue weighted by molar-refractivity contribution is -0.167. The van der Waals surface area contributed by atoms with Gasteiger partial charge in [-0.2, -0.15) is 0 Å². The lowest BCUT2D eigenvalue weighted by Gasteiger charge is -2.46. The summed E-state index contributed by atoms with van der Waals surface area (Å²) in [5.41, 5.74) is 4.49. The van der Waals surface area contributed by atoms with Gasteiger partial charge in [-0.25, -0.2) is 0 Å². The number of aldehydes is 1. The molecule has 2 aliphatic rings. The zero-order valence-corrected chi connectivity index (χ0v) is 21.2. The van der Waals surface area contributed by atoms with Gasteiger partial charge >= 0.3 is 0 Å². The number of aromatic nitrogens is 1. The number of carbonyl (C=O) groups excluding carboxylic acids is 5. The van der Waals surface area contributed by atoms with Crippen LogP contribution in [0.15, 0.2) is 24.5 Å². The minimum atomic E-state index is -2.65. The molecule has 11 nitrogen and oxygen atoms in total. The summed E-state index contributed by atoms with van der Waals surface area (Å²) in [5.74, 6) is -7.18. The highest BCUT2D eigenvalue weighted by molar-refractivity contribution is 6.24. The summed E-state index contributed by atoms with van der Waals surface area (Å²) >= 11 is 0. The van der Waals surface area contributed by atoms with E-state index in [0.717, 1.165) is 0 Å². The van der Waals surface area contributed by atoms with Crippen LogP contribution in [0.2, 0.25) is 0 Å². The number of phenols is 1. The van der Waals surface area contributed by atoms with Crippen molar-refractivity contribution in [3.63, 3.8) is 0 Å². The van der Waals surface area contributed by atoms with Gasteiger partial charge in [0, 0.05) is 55.8 Å². The highest BCUT2D eigenvalue weighted by Crippen LogP contribution is 2.49. The summed E-state index contributed by atoms with van der Waals surface area (Å²) in [4.78, 5) is 64.8. The molecule has 1 amide bonds. The van der Waals surface area contributed by atoms with Gasteiger partial charge in [0.25, 0.3) is 0 Å². The van der Waals surface area contributed by atoms with Crippen LogP contribution in [0.1, 0.15) is 51.1 Å². The topological polar surface area (TPSA) is 180 Å². The Labute approximate surface area is 218 Å². The first-order chi connectivity index (χ1) is 17.9. The lowest BCUT2D eigenvalue weighted by Crippen LogP contribution is -2.63. The van der Waals surface area contributed by atoms with Crippen LogP contribution in [0.4, 0.5) is 5.69 Å². The zero-order chi connectivity index (χ0) is 27.9. The number of nitrogens with zero attached hydrogens (tertiary/aromatic N) is 2. The third-order valence-corrected chi connectivity index (χ3v) is 7.75. The second kappa shape index (κ2) is 10.1. The summed E-state index contributed by atoms with van der Waals surface area (Å²) in [7, 11) is 3.57. The van der Waals surface area contributed by atoms with Gasteiger partial charge in [0.1, 0.15) is 5.75 Å². The van der Waals surface area contributed by atoms with Gasteiger partial charge < -0.3 is 30.5 Å². The molecule has 0 bridgehead atoms. The standard InChI is InChI=1S/C27H31N3O8/c1-29(2)19-9-16(12-30-5-3-14(11-30)13-32)24(35)23-18(19)8-15-7-17(4-6-31)27(38,20(33)10-21(28)34)26(37)22(15)25(23)36/h3,5,9,11,13,15,17,22,31,35,38H,4,6-8,10,12H2,1-2H3,(H2,28,34)/t15-,17-,22?,27-/m1/s1. The highest BCUT2D eigenvalue weighted by atomic mass is 16.3. The van der Waals surface area contributed by atoms with E-state index in [0.29, 0.717) is 28.7 Å². The third kappa shape index (κ3) is 4.41. The number of aromatic hydroxyl groups is 1. The first kappa shape index (κ1) is 27.2. The summed E-state index contributed by atoms with van der Waals surface area (Å²) in [6.45, 7) is -0.271. The summed E-state index contributed by atoms with van der Waals surface area (Å²) in [6.07, 6.45) is 3.28. The first-order valence-electron chi connectivity index (χ1n) is 12.3. The van der Waals surface area contributed by atoms with Crippen LogP contribution in [0.3, 0.4) is 0 Å². The number of primary amides is 1. The van der Waals surface area contributed by atoms with E-state index in [1.54, 1.807) is 48.1 Å². The fourth-order valence-electron chi connectivity index (χ4n) is 5.98. The molecule has 1 heterocycles. The number of hydrogen-bond acceptors (Lipinski definition) is 9. The molecule has 2 aromatic rings. The van der Waals surface area contributed by atoms with E-state index in [1.807, 2.05) is 0 Å². The Morgan fingerprint density at radius 2 is 2.00 bits per heavy atom. The maximum Gasteiger partial charge on any atom is 0.225 e. The first-order valence-corrected chi connectivity index (χ1v) is 12.3. The second-order valence-corrected chi connectivity index (χ2v) is 10.3. The molecule has 11 heteroatoms. The van der Waals surface area contributed by atoms with Crippen molar-refractivity contribution < 1.29 is 39.3 Å². The van der Waals surface area contributed by atoms with Gasteiger partial charge in [0.15, 0.2) is 29.2 Å². The summed E-state index contributed by atoms with van der Waals surface area (Å²) < 4.78 is 1.67. The normalized spacial score (nSPS) is 24.5. The number of nitrogens with two attached hydrogens (primary N) is 1. The number of rotatable bonds is 9. The molecule has 1 aromatic carbocycles. The van der Waals surface area contributed by atoms with E-state index < -0.39 is 59.6 Å². The maximum atomic E-state index is 13.9. The highest BCUT2D eigenvalue weighted by Gasteiger charge is 2.60. The van der Waals surface area contributed by atoms with E-state index in [4.69, 9.17) is 5.73 Å². The molecule has 5 N–H and O–H groups in total. The molecule has 0 aliphatic heterocycles. The average Bonchev–Trinajstić information content (AvgIpc) is 3.30. The third-order valence-electron chi connectivity index (χ3n) is 7.75. The Kier molecular flexibility index (Phi) is 7.26. The van der Waals surface area contributed by atoms with Crippen LogP contribution in [0.25, 0.3) is 0 Å². The molecule has 0 saturated heterocycles. The molecule has 4 atom stereocenters. The van der Waals surface area contributed by atoms with E-state index >= 15 is 0 Å². The van der Waals surface area contributed by atoms with Gasteiger partial charge in [-0.1, -0.05) is 0 Å². The van der Waals surface area contributed by atoms with E-state index in [2.05, 4.69) is 0 Å². The predicted molar refractivity (Wildman–Crippen MR) is 135 cm³/mol. The van der Waals surface area contributed by atoms with Gasteiger partial charge in [0.05, 0.1) is 24.4 Å². The van der Waals surface area contributed by atoms with E-state index in [9.17, 15) is 39.3 Å². The van der Waals surface area contributed by atoms with Crippen molar-refractivity contribution in [3.8, 4) is 5.75 Å². The van der Waals surface area contributed by atoms with Crippen molar-refractivity contribution >= 4 is 35.2 Å². The zero-order valence-electron chi connectivity index (χ0n) is 21.2. The van der Waals surface area contributed by atoms with Gasteiger partial charge in [0.2, 0.25) is 5.91 Å². The fourth-order valence-corrected chi connectivity index (χ4v) is 5.98. The van der Waals surface area contributed by atoms with Gasteiger partial charge in [-0.3, -0.25) is 24.0 Å². The molecule has 202 valence electrons. The Morgan fingerprint density at radius 1 is 1.29 bits per heavy atom. The fraction of sp³-hybridized carbons (Fsp3) is 0.444. The van der Waals surface area contributed by atoms with Crippen molar-refractivity contribution in [1.29, 1.82) is 0 Å². The molecule has 1 fully saturated rings. The van der Waals surface area contributed by atoms with Crippen molar-refractivity contribution in [2.45, 2.75) is 37.8 Å². The number of carbonyl (C=O) groups is 5. The number of amides is 1. The van der Waals surface area contributed by atoms with Crippen LogP contribution in [0.5, 0.6) is 5.75 Å². The number of anilines is 1. The number of fused-ring (bicyclic) bond motifs is 2. The van der Waals surface area contributed by atoms with Crippen LogP contribution < -0.4 is 10.6 Å². The summed E-state index contributed by atoms with van der Waals surface area (Å²) in [5, 5.41) is 32.2. The Hall–Kier alpha value is -3.83. The molecule has 4 rings (SSSR count). The number of ketones is 3. The smallest absolute Gasteiger partial charge is 0.225 e. The summed E-state index contributed by atoms with van der Waals surface area (Å²) in [6, 6.07) is 3.36. The molecule has 1 aromatic heterocycles. The van der Waals surface area contributed by atoms with E-state index in [1.165, 1.54) is 0 Å². The van der Waals surface area contributed by atoms with Crippen LogP contribution >= 0.6 is 0 Å². The van der Waals surface area contributed by atoms with Crippen molar-refractivity contribution in [1.82, 2.24) is 4.57 Å². The molecule has 0 radical (unpaired) electrons.